The molecule has 2 rings (SSSR count). The fourth-order valence-corrected chi connectivity index (χ4v) is 1.78. The van der Waals surface area contributed by atoms with Gasteiger partial charge in [-0.2, -0.15) is 0 Å². The summed E-state index contributed by atoms with van der Waals surface area (Å²) in [6, 6.07) is 5.50. The maximum Gasteiger partial charge on any atom is 0.125 e. The predicted molar refractivity (Wildman–Crippen MR) is 63.2 cm³/mol. The topological polar surface area (TPSA) is 36.0 Å². The number of fused-ring (bicyclic) bond motifs is 1. The fraction of sp³-hybridized carbons (Fsp3) is 0.231. The van der Waals surface area contributed by atoms with E-state index in [0.717, 1.165) is 16.5 Å². The van der Waals surface area contributed by atoms with Crippen LogP contribution in [0.1, 0.15) is 19.4 Å². The van der Waals surface area contributed by atoms with Crippen LogP contribution < -0.4 is 0 Å². The molecule has 0 aliphatic rings. The molecule has 0 bridgehead atoms. The molecule has 0 saturated carbocycles. The summed E-state index contributed by atoms with van der Waals surface area (Å²) in [6.45, 7) is 7.99. The van der Waals surface area contributed by atoms with Gasteiger partial charge < -0.3 is 10.1 Å². The average Bonchev–Trinajstić information content (AvgIpc) is 2.63. The number of aromatic amines is 1. The van der Waals surface area contributed by atoms with E-state index in [-0.39, 0.29) is 5.41 Å². The van der Waals surface area contributed by atoms with E-state index in [9.17, 15) is 5.11 Å². The molecule has 2 heteroatoms. The van der Waals surface area contributed by atoms with Crippen LogP contribution in [0.15, 0.2) is 37.1 Å². The normalized spacial score (nSPS) is 11.9. The maximum atomic E-state index is 9.85. The number of H-pyrrole nitrogens is 1. The van der Waals surface area contributed by atoms with Crippen molar-refractivity contribution in [3.05, 3.63) is 42.6 Å². The number of nitrogens with one attached hydrogen (secondary N) is 1. The number of hydrogen-bond donors (Lipinski definition) is 2. The Morgan fingerprint density at radius 3 is 2.80 bits per heavy atom. The zero-order valence-corrected chi connectivity index (χ0v) is 9.04. The van der Waals surface area contributed by atoms with Crippen LogP contribution in [-0.4, -0.2) is 10.1 Å². The molecule has 0 radical (unpaired) electrons. The highest BCUT2D eigenvalue weighted by Crippen LogP contribution is 2.35. The lowest BCUT2D eigenvalue weighted by atomic mass is 9.84. The second kappa shape index (κ2) is 3.16. The number of rotatable bonds is 2. The van der Waals surface area contributed by atoms with Gasteiger partial charge in [0.25, 0.3) is 0 Å². The monoisotopic (exact) mass is 201 g/mol. The van der Waals surface area contributed by atoms with Crippen molar-refractivity contribution in [3.63, 3.8) is 0 Å². The Hall–Kier alpha value is -1.70. The van der Waals surface area contributed by atoms with Crippen LogP contribution in [0.5, 0.6) is 5.75 Å². The van der Waals surface area contributed by atoms with Gasteiger partial charge in [0, 0.05) is 22.5 Å². The van der Waals surface area contributed by atoms with Crippen molar-refractivity contribution >= 4 is 10.9 Å². The highest BCUT2D eigenvalue weighted by Gasteiger charge is 2.21. The van der Waals surface area contributed by atoms with Gasteiger partial charge >= 0.3 is 0 Å². The van der Waals surface area contributed by atoms with E-state index in [1.54, 1.807) is 6.07 Å². The SMILES string of the molecule is C=CC(C)(C)c1c[nH]c2cccc(O)c12. The number of hydrogen-bond acceptors (Lipinski definition) is 1. The molecule has 1 aromatic heterocycles. The van der Waals surface area contributed by atoms with Gasteiger partial charge in [-0.25, -0.2) is 0 Å². The van der Waals surface area contributed by atoms with Crippen molar-refractivity contribution in [2.45, 2.75) is 19.3 Å². The molecule has 0 fully saturated rings. The van der Waals surface area contributed by atoms with E-state index in [0.29, 0.717) is 5.75 Å². The minimum atomic E-state index is -0.142. The molecule has 1 aromatic carbocycles. The standard InChI is InChI=1S/C13H15NO/c1-4-13(2,3)9-8-14-10-6-5-7-11(15)12(9)10/h4-8,14-15H,1H2,2-3H3. The summed E-state index contributed by atoms with van der Waals surface area (Å²) in [5.41, 5.74) is 1.89. The van der Waals surface area contributed by atoms with Gasteiger partial charge in [-0.3, -0.25) is 0 Å². The van der Waals surface area contributed by atoms with Crippen LogP contribution in [0.3, 0.4) is 0 Å². The van der Waals surface area contributed by atoms with Crippen LogP contribution in [0.4, 0.5) is 0 Å². The van der Waals surface area contributed by atoms with E-state index < -0.39 is 0 Å². The van der Waals surface area contributed by atoms with Crippen molar-refractivity contribution in [2.24, 2.45) is 0 Å². The Bertz CT molecular complexity index is 508. The number of aromatic hydroxyl groups is 1. The Morgan fingerprint density at radius 2 is 2.13 bits per heavy atom. The second-order valence-corrected chi connectivity index (χ2v) is 4.33. The second-order valence-electron chi connectivity index (χ2n) is 4.33. The first-order valence-corrected chi connectivity index (χ1v) is 4.99. The molecule has 2 N–H and O–H groups in total. The zero-order chi connectivity index (χ0) is 11.1. The molecule has 15 heavy (non-hydrogen) atoms. The van der Waals surface area contributed by atoms with Gasteiger partial charge in [-0.05, 0) is 17.7 Å². The summed E-state index contributed by atoms with van der Waals surface area (Å²) < 4.78 is 0. The molecule has 2 aromatic rings. The first-order chi connectivity index (χ1) is 7.06. The highest BCUT2D eigenvalue weighted by molar-refractivity contribution is 5.90. The average molecular weight is 201 g/mol. The Labute approximate surface area is 89.3 Å². The lowest BCUT2D eigenvalue weighted by molar-refractivity contribution is 0.480. The quantitative estimate of drug-likeness (QED) is 0.718. The van der Waals surface area contributed by atoms with Crippen molar-refractivity contribution in [3.8, 4) is 5.75 Å². The van der Waals surface area contributed by atoms with E-state index >= 15 is 0 Å². The Kier molecular flexibility index (Phi) is 2.07. The molecule has 2 nitrogen and oxygen atoms in total. The largest absolute Gasteiger partial charge is 0.507 e. The lowest BCUT2D eigenvalue weighted by Crippen LogP contribution is -2.11. The molecule has 0 amide bonds. The van der Waals surface area contributed by atoms with Crippen molar-refractivity contribution in [1.82, 2.24) is 4.98 Å². The third-order valence-corrected chi connectivity index (χ3v) is 2.89. The first kappa shape index (κ1) is 9.84. The molecular formula is C13H15NO. The minimum Gasteiger partial charge on any atom is -0.507 e. The van der Waals surface area contributed by atoms with Crippen LogP contribution in [-0.2, 0) is 5.41 Å². The van der Waals surface area contributed by atoms with Gasteiger partial charge in [-0.15, -0.1) is 6.58 Å². The zero-order valence-electron chi connectivity index (χ0n) is 9.04. The predicted octanol–water partition coefficient (Wildman–Crippen LogP) is 3.34. The molecular weight excluding hydrogens is 186 g/mol. The highest BCUT2D eigenvalue weighted by atomic mass is 16.3. The third kappa shape index (κ3) is 1.42. The third-order valence-electron chi connectivity index (χ3n) is 2.89. The summed E-state index contributed by atoms with van der Waals surface area (Å²) in [5.74, 6) is 0.318. The van der Waals surface area contributed by atoms with Crippen LogP contribution in [0.2, 0.25) is 0 Å². The van der Waals surface area contributed by atoms with Gasteiger partial charge in [-0.1, -0.05) is 26.0 Å². The first-order valence-electron chi connectivity index (χ1n) is 4.99. The number of phenols is 1. The van der Waals surface area contributed by atoms with E-state index in [1.165, 1.54) is 0 Å². The number of benzene rings is 1. The van der Waals surface area contributed by atoms with Crippen molar-refractivity contribution in [2.75, 3.05) is 0 Å². The molecule has 0 aliphatic carbocycles. The van der Waals surface area contributed by atoms with Gasteiger partial charge in [0.1, 0.15) is 5.75 Å². The summed E-state index contributed by atoms with van der Waals surface area (Å²) >= 11 is 0. The van der Waals surface area contributed by atoms with E-state index in [4.69, 9.17) is 0 Å². The number of phenolic OH excluding ortho intramolecular Hbond substituents is 1. The lowest BCUT2D eigenvalue weighted by Gasteiger charge is -2.19. The molecule has 0 saturated heterocycles. The smallest absolute Gasteiger partial charge is 0.125 e. The molecule has 1 heterocycles. The van der Waals surface area contributed by atoms with E-state index in [1.807, 2.05) is 24.4 Å². The van der Waals surface area contributed by atoms with Gasteiger partial charge in [0.15, 0.2) is 0 Å². The molecule has 0 aliphatic heterocycles. The summed E-state index contributed by atoms with van der Waals surface area (Å²) in [7, 11) is 0. The fourth-order valence-electron chi connectivity index (χ4n) is 1.78. The summed E-state index contributed by atoms with van der Waals surface area (Å²) in [6.07, 6.45) is 3.83. The summed E-state index contributed by atoms with van der Waals surface area (Å²) in [4.78, 5) is 3.16. The van der Waals surface area contributed by atoms with Gasteiger partial charge in [0.2, 0.25) is 0 Å². The molecule has 0 unspecified atom stereocenters. The van der Waals surface area contributed by atoms with Crippen molar-refractivity contribution < 1.29 is 5.11 Å². The molecule has 78 valence electrons. The molecule has 0 spiro atoms. The minimum absolute atomic E-state index is 0.142. The maximum absolute atomic E-state index is 9.85. The number of aromatic nitrogens is 1. The van der Waals surface area contributed by atoms with Crippen molar-refractivity contribution in [1.29, 1.82) is 0 Å². The Morgan fingerprint density at radius 1 is 1.40 bits per heavy atom. The molecule has 0 atom stereocenters. The summed E-state index contributed by atoms with van der Waals surface area (Å²) in [5, 5.41) is 10.7. The van der Waals surface area contributed by atoms with Gasteiger partial charge in [0.05, 0.1) is 0 Å². The Balaban J connectivity index is 2.78. The number of allylic oxidation sites excluding steroid dienone is 1. The van der Waals surface area contributed by atoms with Crippen LogP contribution in [0, 0.1) is 0 Å². The van der Waals surface area contributed by atoms with E-state index in [2.05, 4.69) is 25.4 Å². The van der Waals surface area contributed by atoms with Crippen LogP contribution >= 0.6 is 0 Å². The van der Waals surface area contributed by atoms with Crippen LogP contribution in [0.25, 0.3) is 10.9 Å².